The second-order valence-electron chi connectivity index (χ2n) is 8.08. The van der Waals surface area contributed by atoms with Crippen molar-refractivity contribution < 1.29 is 28.4 Å². The number of piperazine rings is 1. The van der Waals surface area contributed by atoms with Crippen molar-refractivity contribution in [3.63, 3.8) is 0 Å². The Labute approximate surface area is 206 Å². The zero-order chi connectivity index (χ0) is 24.6. The van der Waals surface area contributed by atoms with E-state index in [1.165, 1.54) is 51.6 Å². The Kier molecular flexibility index (Phi) is 6.07. The number of nitrogens with zero attached hydrogens (tertiary/aromatic N) is 4. The molecule has 9 nitrogen and oxygen atoms in total. The highest BCUT2D eigenvalue weighted by Gasteiger charge is 2.32. The number of rotatable bonds is 6. The molecule has 0 atom stereocenters. The Balaban J connectivity index is 0.00000304. The number of anilines is 2. The molecule has 1 N–H and O–H groups in total. The van der Waals surface area contributed by atoms with Crippen LogP contribution in [-0.2, 0) is 26.0 Å². The minimum absolute atomic E-state index is 0. The lowest BCUT2D eigenvalue weighted by molar-refractivity contribution is -0.421. The lowest BCUT2D eigenvalue weighted by Gasteiger charge is -2.34. The van der Waals surface area contributed by atoms with E-state index >= 15 is 0 Å². The highest BCUT2D eigenvalue weighted by atomic mass is 32.2. The van der Waals surface area contributed by atoms with Crippen LogP contribution in [0.15, 0.2) is 58.9 Å². The smallest absolute Gasteiger partial charge is 0.289 e. The molecular formula is C23H23FN5O4S2+. The van der Waals surface area contributed by atoms with E-state index in [0.29, 0.717) is 25.2 Å². The van der Waals surface area contributed by atoms with Gasteiger partial charge in [-0.15, -0.1) is 11.3 Å². The number of carbonyl (C=O) groups is 2. The summed E-state index contributed by atoms with van der Waals surface area (Å²) in [6.45, 7) is 0.638. The lowest BCUT2D eigenvalue weighted by Crippen LogP contribution is -2.53. The van der Waals surface area contributed by atoms with E-state index in [9.17, 15) is 22.4 Å². The Hall–Kier alpha value is -3.64. The number of thiazole rings is 1. The molecule has 0 bridgehead atoms. The second kappa shape index (κ2) is 9.19. The summed E-state index contributed by atoms with van der Waals surface area (Å²) >= 11 is 1.17. The van der Waals surface area contributed by atoms with Crippen LogP contribution in [0.5, 0.6) is 0 Å². The van der Waals surface area contributed by atoms with E-state index in [1.807, 2.05) is 6.21 Å². The first kappa shape index (κ1) is 23.1. The molecule has 0 spiro atoms. The van der Waals surface area contributed by atoms with E-state index in [4.69, 9.17) is 0 Å². The predicted molar refractivity (Wildman–Crippen MR) is 131 cm³/mol. The van der Waals surface area contributed by atoms with E-state index in [1.54, 1.807) is 28.2 Å². The number of carbonyl (C=O) groups excluding carboxylic acids is 2. The fourth-order valence-corrected chi connectivity index (χ4v) is 5.90. The number of nitrogens with one attached hydrogen (secondary N) is 1. The molecule has 35 heavy (non-hydrogen) atoms. The molecule has 1 aromatic heterocycles. The molecule has 182 valence electrons. The summed E-state index contributed by atoms with van der Waals surface area (Å²) in [5, 5.41) is 1.94. The molecule has 3 heterocycles. The van der Waals surface area contributed by atoms with Crippen LogP contribution in [0.3, 0.4) is 0 Å². The average molecular weight is 517 g/mol. The van der Waals surface area contributed by atoms with Gasteiger partial charge in [-0.1, -0.05) is 0 Å². The second-order valence-corrected chi connectivity index (χ2v) is 10.7. The van der Waals surface area contributed by atoms with Crippen LogP contribution in [0.4, 0.5) is 20.9 Å². The molecule has 0 aliphatic carbocycles. The maximum atomic E-state index is 13.4. The van der Waals surface area contributed by atoms with Gasteiger partial charge in [0.25, 0.3) is 15.9 Å². The van der Waals surface area contributed by atoms with Crippen LogP contribution in [-0.4, -0.2) is 67.1 Å². The van der Waals surface area contributed by atoms with Gasteiger partial charge >= 0.3 is 0 Å². The van der Waals surface area contributed by atoms with Gasteiger partial charge in [0.05, 0.1) is 11.3 Å². The Morgan fingerprint density at radius 2 is 2.00 bits per heavy atom. The number of fused-ring (bicyclic) bond motifs is 1. The van der Waals surface area contributed by atoms with Gasteiger partial charge in [-0.2, -0.15) is 4.58 Å². The summed E-state index contributed by atoms with van der Waals surface area (Å²) in [6, 6.07) is 10.5. The molecule has 5 rings (SSSR count). The first-order valence-corrected chi connectivity index (χ1v) is 13.2. The number of hydrogen-bond acceptors (Lipinski definition) is 6. The predicted octanol–water partition coefficient (Wildman–Crippen LogP) is 2.48. The third kappa shape index (κ3) is 4.80. The maximum Gasteiger partial charge on any atom is 0.289 e. The molecule has 0 unspecified atom stereocenters. The van der Waals surface area contributed by atoms with Crippen molar-refractivity contribution in [1.29, 1.82) is 0 Å². The fraction of sp³-hybridized carbons (Fsp3) is 0.217. The topological polar surface area (TPSA) is 103 Å². The van der Waals surface area contributed by atoms with Crippen LogP contribution in [0.1, 0.15) is 6.99 Å². The number of benzene rings is 2. The van der Waals surface area contributed by atoms with Gasteiger partial charge in [-0.25, -0.2) is 17.8 Å². The zero-order valence-electron chi connectivity index (χ0n) is 18.4. The third-order valence-electron chi connectivity index (χ3n) is 5.87. The molecule has 3 aromatic rings. The van der Waals surface area contributed by atoms with Crippen molar-refractivity contribution >= 4 is 55.9 Å². The highest BCUT2D eigenvalue weighted by molar-refractivity contribution is 7.93. The minimum atomic E-state index is -3.79. The molecule has 2 aromatic carbocycles. The first-order chi connectivity index (χ1) is 16.8. The summed E-state index contributed by atoms with van der Waals surface area (Å²) in [7, 11) is -3.79. The van der Waals surface area contributed by atoms with Gasteiger partial charge in [0.1, 0.15) is 12.4 Å². The summed E-state index contributed by atoms with van der Waals surface area (Å²) in [4.78, 5) is 32.7. The van der Waals surface area contributed by atoms with Gasteiger partial charge in [0.15, 0.2) is 11.3 Å². The zero-order valence-corrected chi connectivity index (χ0v) is 20.1. The molecule has 0 radical (unpaired) electrons. The molecular weight excluding hydrogens is 493 g/mol. The number of sulfonamides is 1. The largest absolute Gasteiger partial charge is 0.326 e. The molecule has 12 heteroatoms. The average Bonchev–Trinajstić information content (AvgIpc) is 3.48. The first-order valence-electron chi connectivity index (χ1n) is 10.8. The maximum absolute atomic E-state index is 13.4. The van der Waals surface area contributed by atoms with Crippen molar-refractivity contribution in [1.82, 2.24) is 9.88 Å². The normalized spacial score (nSPS) is 15.7. The summed E-state index contributed by atoms with van der Waals surface area (Å²) in [6.07, 6.45) is 3.91. The Morgan fingerprint density at radius 1 is 1.20 bits per heavy atom. The standard InChI is InChI=1S/C23H21FN5O4S2.H2/c24-17-1-6-20-16(13-17)7-9-27(20)14-21(30)28-10-11-29(22(31)15-28)18-2-4-19(5-3-18)35(32,33)26-23-25-8-12-34-23;/h1-6,8-9,12-13H,7,10-11,14-15H2,(H,25,26);1H/q+1;. The van der Waals surface area contributed by atoms with Gasteiger partial charge in [-0.05, 0) is 36.4 Å². The van der Waals surface area contributed by atoms with E-state index in [2.05, 4.69) is 9.71 Å². The number of aromatic nitrogens is 1. The molecule has 0 saturated carbocycles. The highest BCUT2D eigenvalue weighted by Crippen LogP contribution is 2.25. The van der Waals surface area contributed by atoms with Crippen molar-refractivity contribution in [2.45, 2.75) is 11.3 Å². The summed E-state index contributed by atoms with van der Waals surface area (Å²) in [5.74, 6) is -0.761. The molecule has 2 amide bonds. The SMILES string of the molecule is O=C(C[N+]1=CCc2cc(F)ccc21)N1CCN(c2ccc(S(=O)(=O)Nc3nccs3)cc2)C(=O)C1.[HH]. The van der Waals surface area contributed by atoms with E-state index < -0.39 is 10.0 Å². The number of amides is 2. The van der Waals surface area contributed by atoms with Gasteiger partial charge in [0.2, 0.25) is 18.1 Å². The fourth-order valence-electron chi connectivity index (χ4n) is 4.11. The molecule has 2 aliphatic rings. The van der Waals surface area contributed by atoms with Gasteiger partial charge in [-0.3, -0.25) is 14.3 Å². The molecule has 1 fully saturated rings. The van der Waals surface area contributed by atoms with Crippen molar-refractivity contribution in [2.24, 2.45) is 0 Å². The third-order valence-corrected chi connectivity index (χ3v) is 8.05. The quantitative estimate of drug-likeness (QED) is 0.507. The van der Waals surface area contributed by atoms with Crippen molar-refractivity contribution in [3.05, 3.63) is 65.4 Å². The van der Waals surface area contributed by atoms with E-state index in [-0.39, 0.29) is 42.2 Å². The van der Waals surface area contributed by atoms with Gasteiger partial charge < -0.3 is 9.80 Å². The molecule has 1 saturated heterocycles. The van der Waals surface area contributed by atoms with Crippen LogP contribution >= 0.6 is 11.3 Å². The monoisotopic (exact) mass is 516 g/mol. The summed E-state index contributed by atoms with van der Waals surface area (Å²) in [5.41, 5.74) is 2.18. The summed E-state index contributed by atoms with van der Waals surface area (Å²) < 4.78 is 42.6. The minimum Gasteiger partial charge on any atom is -0.326 e. The molecule has 2 aliphatic heterocycles. The van der Waals surface area contributed by atoms with Crippen LogP contribution in [0.2, 0.25) is 0 Å². The van der Waals surface area contributed by atoms with Crippen molar-refractivity contribution in [3.8, 4) is 0 Å². The lowest BCUT2D eigenvalue weighted by atomic mass is 10.1. The Morgan fingerprint density at radius 3 is 2.71 bits per heavy atom. The van der Waals surface area contributed by atoms with Gasteiger partial charge in [0, 0.05) is 43.4 Å². The van der Waals surface area contributed by atoms with Crippen LogP contribution < -0.4 is 9.62 Å². The van der Waals surface area contributed by atoms with E-state index in [0.717, 1.165) is 11.3 Å². The Bertz CT molecular complexity index is 1430. The number of halogens is 1. The van der Waals surface area contributed by atoms with Crippen LogP contribution in [0.25, 0.3) is 0 Å². The van der Waals surface area contributed by atoms with Crippen molar-refractivity contribution in [2.75, 3.05) is 35.8 Å². The van der Waals surface area contributed by atoms with Crippen LogP contribution in [0, 0.1) is 5.82 Å². The number of hydrogen-bond donors (Lipinski definition) is 1.